The van der Waals surface area contributed by atoms with Gasteiger partial charge in [0.1, 0.15) is 5.69 Å². The summed E-state index contributed by atoms with van der Waals surface area (Å²) in [6.45, 7) is 1.94. The molecular weight excluding hydrogens is 198 g/mol. The van der Waals surface area contributed by atoms with Gasteiger partial charge in [-0.3, -0.25) is 9.67 Å². The van der Waals surface area contributed by atoms with Crippen molar-refractivity contribution >= 4 is 11.6 Å². The summed E-state index contributed by atoms with van der Waals surface area (Å²) in [5.41, 5.74) is 2.67. The Morgan fingerprint density at radius 2 is 2.14 bits per heavy atom. The van der Waals surface area contributed by atoms with Crippen LogP contribution in [0.25, 0.3) is 11.4 Å². The zero-order chi connectivity index (χ0) is 10.1. The van der Waals surface area contributed by atoms with E-state index in [2.05, 4.69) is 10.1 Å². The van der Waals surface area contributed by atoms with E-state index in [1.807, 2.05) is 26.2 Å². The molecule has 0 saturated carbocycles. The molecule has 0 aliphatic carbocycles. The number of rotatable bonds is 1. The molecule has 2 aromatic rings. The van der Waals surface area contributed by atoms with Crippen LogP contribution in [-0.4, -0.2) is 14.8 Å². The second-order valence-corrected chi connectivity index (χ2v) is 3.55. The fraction of sp³-hybridized carbons (Fsp3) is 0.200. The van der Waals surface area contributed by atoms with Crippen LogP contribution >= 0.6 is 11.6 Å². The van der Waals surface area contributed by atoms with Crippen molar-refractivity contribution in [2.24, 2.45) is 7.05 Å². The van der Waals surface area contributed by atoms with Crippen LogP contribution in [0.5, 0.6) is 0 Å². The highest BCUT2D eigenvalue weighted by molar-refractivity contribution is 6.31. The maximum atomic E-state index is 6.00. The van der Waals surface area contributed by atoms with E-state index in [9.17, 15) is 0 Å². The number of hydrogen-bond acceptors (Lipinski definition) is 2. The number of aromatic nitrogens is 3. The first kappa shape index (κ1) is 9.21. The molecular formula is C10H10ClN3. The predicted octanol–water partition coefficient (Wildman–Crippen LogP) is 2.44. The van der Waals surface area contributed by atoms with E-state index in [4.69, 9.17) is 11.6 Å². The topological polar surface area (TPSA) is 30.7 Å². The molecule has 4 heteroatoms. The van der Waals surface area contributed by atoms with E-state index in [0.717, 1.165) is 22.0 Å². The highest BCUT2D eigenvalue weighted by Crippen LogP contribution is 2.24. The fourth-order valence-electron chi connectivity index (χ4n) is 1.31. The van der Waals surface area contributed by atoms with Crippen molar-refractivity contribution in [3.63, 3.8) is 0 Å². The molecule has 0 bridgehead atoms. The Balaban J connectivity index is 2.57. The lowest BCUT2D eigenvalue weighted by Crippen LogP contribution is -1.92. The SMILES string of the molecule is Cc1c(Cl)ccnc1-c1ccn(C)n1. The second kappa shape index (κ2) is 3.42. The van der Waals surface area contributed by atoms with E-state index in [-0.39, 0.29) is 0 Å². The van der Waals surface area contributed by atoms with Gasteiger partial charge < -0.3 is 0 Å². The summed E-state index contributed by atoms with van der Waals surface area (Å²) < 4.78 is 1.75. The van der Waals surface area contributed by atoms with Crippen molar-refractivity contribution in [1.29, 1.82) is 0 Å². The first-order valence-electron chi connectivity index (χ1n) is 4.29. The van der Waals surface area contributed by atoms with Crippen LogP contribution in [0.4, 0.5) is 0 Å². The molecule has 2 heterocycles. The Kier molecular flexibility index (Phi) is 2.25. The fourth-order valence-corrected chi connectivity index (χ4v) is 1.46. The number of pyridine rings is 1. The lowest BCUT2D eigenvalue weighted by molar-refractivity contribution is 0.769. The summed E-state index contributed by atoms with van der Waals surface area (Å²) >= 11 is 6.00. The Hall–Kier alpha value is -1.35. The van der Waals surface area contributed by atoms with Crippen molar-refractivity contribution in [3.05, 3.63) is 35.1 Å². The van der Waals surface area contributed by atoms with E-state index < -0.39 is 0 Å². The Morgan fingerprint density at radius 1 is 1.36 bits per heavy atom. The standard InChI is InChI=1S/C10H10ClN3/c1-7-8(11)3-5-12-10(7)9-4-6-14(2)13-9/h3-6H,1-2H3. The van der Waals surface area contributed by atoms with Gasteiger partial charge in [0.05, 0.1) is 5.69 Å². The van der Waals surface area contributed by atoms with Crippen LogP contribution in [0.3, 0.4) is 0 Å². The molecule has 0 aliphatic rings. The summed E-state index contributed by atoms with van der Waals surface area (Å²) in [5, 5.41) is 5.00. The van der Waals surface area contributed by atoms with Gasteiger partial charge in [-0.2, -0.15) is 5.10 Å². The highest BCUT2D eigenvalue weighted by Gasteiger charge is 2.08. The summed E-state index contributed by atoms with van der Waals surface area (Å²) in [4.78, 5) is 4.26. The first-order valence-corrected chi connectivity index (χ1v) is 4.67. The minimum Gasteiger partial charge on any atom is -0.275 e. The number of nitrogens with zero attached hydrogens (tertiary/aromatic N) is 3. The minimum atomic E-state index is 0.723. The van der Waals surface area contributed by atoms with Crippen molar-refractivity contribution in [2.75, 3.05) is 0 Å². The molecule has 0 N–H and O–H groups in total. The third-order valence-corrected chi connectivity index (χ3v) is 2.50. The summed E-state index contributed by atoms with van der Waals surface area (Å²) in [6, 6.07) is 3.70. The minimum absolute atomic E-state index is 0.723. The third kappa shape index (κ3) is 1.51. The highest BCUT2D eigenvalue weighted by atomic mass is 35.5. The molecule has 0 aromatic carbocycles. The van der Waals surface area contributed by atoms with Gasteiger partial charge in [0.15, 0.2) is 0 Å². The molecule has 0 saturated heterocycles. The van der Waals surface area contributed by atoms with Crippen molar-refractivity contribution in [1.82, 2.24) is 14.8 Å². The average Bonchev–Trinajstić information content (AvgIpc) is 2.57. The Bertz CT molecular complexity index is 462. The summed E-state index contributed by atoms with van der Waals surface area (Å²) in [5.74, 6) is 0. The normalized spacial score (nSPS) is 10.5. The lowest BCUT2D eigenvalue weighted by Gasteiger charge is -2.02. The third-order valence-electron chi connectivity index (χ3n) is 2.09. The number of hydrogen-bond donors (Lipinski definition) is 0. The van der Waals surface area contributed by atoms with E-state index in [1.165, 1.54) is 0 Å². The molecule has 0 fully saturated rings. The van der Waals surface area contributed by atoms with Gasteiger partial charge in [-0.1, -0.05) is 11.6 Å². The average molecular weight is 208 g/mol. The summed E-state index contributed by atoms with van der Waals surface area (Å²) in [7, 11) is 1.88. The molecule has 72 valence electrons. The summed E-state index contributed by atoms with van der Waals surface area (Å²) in [6.07, 6.45) is 3.58. The number of aryl methyl sites for hydroxylation is 1. The predicted molar refractivity (Wildman–Crippen MR) is 56.2 cm³/mol. The van der Waals surface area contributed by atoms with E-state index >= 15 is 0 Å². The van der Waals surface area contributed by atoms with Gasteiger partial charge in [-0.05, 0) is 24.6 Å². The maximum Gasteiger partial charge on any atom is 0.111 e. The van der Waals surface area contributed by atoms with Gasteiger partial charge in [-0.25, -0.2) is 0 Å². The van der Waals surface area contributed by atoms with Crippen LogP contribution in [0.15, 0.2) is 24.5 Å². The van der Waals surface area contributed by atoms with Crippen molar-refractivity contribution < 1.29 is 0 Å². The van der Waals surface area contributed by atoms with Crippen LogP contribution in [0.1, 0.15) is 5.56 Å². The van der Waals surface area contributed by atoms with Crippen LogP contribution in [0, 0.1) is 6.92 Å². The largest absolute Gasteiger partial charge is 0.275 e. The van der Waals surface area contributed by atoms with Crippen LogP contribution in [0.2, 0.25) is 5.02 Å². The van der Waals surface area contributed by atoms with Crippen LogP contribution in [-0.2, 0) is 7.05 Å². The molecule has 0 radical (unpaired) electrons. The van der Waals surface area contributed by atoms with Gasteiger partial charge in [0.25, 0.3) is 0 Å². The second-order valence-electron chi connectivity index (χ2n) is 3.14. The zero-order valence-electron chi connectivity index (χ0n) is 8.03. The van der Waals surface area contributed by atoms with Crippen molar-refractivity contribution in [3.8, 4) is 11.4 Å². The molecule has 0 aliphatic heterocycles. The molecule has 0 amide bonds. The molecule has 0 atom stereocenters. The van der Waals surface area contributed by atoms with E-state index in [0.29, 0.717) is 0 Å². The monoisotopic (exact) mass is 207 g/mol. The molecule has 14 heavy (non-hydrogen) atoms. The van der Waals surface area contributed by atoms with Gasteiger partial charge >= 0.3 is 0 Å². The van der Waals surface area contributed by atoms with Gasteiger partial charge in [0.2, 0.25) is 0 Å². The molecule has 2 rings (SSSR count). The number of halogens is 1. The zero-order valence-corrected chi connectivity index (χ0v) is 8.78. The molecule has 3 nitrogen and oxygen atoms in total. The molecule has 2 aromatic heterocycles. The quantitative estimate of drug-likeness (QED) is 0.719. The first-order chi connectivity index (χ1) is 6.68. The van der Waals surface area contributed by atoms with Crippen LogP contribution < -0.4 is 0 Å². The molecule has 0 unspecified atom stereocenters. The van der Waals surface area contributed by atoms with Gasteiger partial charge in [-0.15, -0.1) is 0 Å². The Morgan fingerprint density at radius 3 is 2.79 bits per heavy atom. The smallest absolute Gasteiger partial charge is 0.111 e. The Labute approximate surface area is 87.3 Å². The van der Waals surface area contributed by atoms with Gasteiger partial charge in [0, 0.05) is 24.5 Å². The van der Waals surface area contributed by atoms with Crippen molar-refractivity contribution in [2.45, 2.75) is 6.92 Å². The van der Waals surface area contributed by atoms with E-state index in [1.54, 1.807) is 16.9 Å². The molecule has 0 spiro atoms. The maximum absolute atomic E-state index is 6.00. The lowest BCUT2D eigenvalue weighted by atomic mass is 10.2.